The van der Waals surface area contributed by atoms with E-state index in [1.807, 2.05) is 11.0 Å². The molecule has 4 heterocycles. The zero-order chi connectivity index (χ0) is 15.4. The maximum Gasteiger partial charge on any atom is 0.274 e. The van der Waals surface area contributed by atoms with E-state index >= 15 is 0 Å². The van der Waals surface area contributed by atoms with Gasteiger partial charge in [-0.3, -0.25) is 14.8 Å². The van der Waals surface area contributed by atoms with Crippen molar-refractivity contribution < 1.29 is 9.53 Å². The highest BCUT2D eigenvalue weighted by Gasteiger charge is 2.52. The summed E-state index contributed by atoms with van der Waals surface area (Å²) in [5, 5.41) is 7.23. The van der Waals surface area contributed by atoms with E-state index in [1.165, 1.54) is 38.8 Å². The highest BCUT2D eigenvalue weighted by molar-refractivity contribution is 5.93. The molecule has 0 radical (unpaired) electrons. The molecule has 23 heavy (non-hydrogen) atoms. The van der Waals surface area contributed by atoms with Crippen LogP contribution < -0.4 is 0 Å². The summed E-state index contributed by atoms with van der Waals surface area (Å²) < 4.78 is 6.11. The molecule has 1 aliphatic carbocycles. The molecule has 1 saturated carbocycles. The van der Waals surface area contributed by atoms with E-state index in [1.54, 1.807) is 0 Å². The first-order valence-corrected chi connectivity index (χ1v) is 8.95. The normalized spacial score (nSPS) is 30.1. The van der Waals surface area contributed by atoms with E-state index < -0.39 is 0 Å². The number of carbonyl (C=O) groups is 1. The predicted molar refractivity (Wildman–Crippen MR) is 84.4 cm³/mol. The Hall–Kier alpha value is -1.40. The summed E-state index contributed by atoms with van der Waals surface area (Å²) >= 11 is 0. The Morgan fingerprint density at radius 1 is 1.30 bits per heavy atom. The van der Waals surface area contributed by atoms with Crippen LogP contribution in [0.25, 0.3) is 0 Å². The fourth-order valence-electron chi connectivity index (χ4n) is 4.39. The van der Waals surface area contributed by atoms with Crippen LogP contribution in [0.1, 0.15) is 54.2 Å². The largest absolute Gasteiger partial charge is 0.370 e. The predicted octanol–water partition coefficient (Wildman–Crippen LogP) is 1.37. The molecule has 124 valence electrons. The van der Waals surface area contributed by atoms with Crippen LogP contribution in [-0.2, 0) is 4.74 Å². The number of amides is 1. The molecule has 6 heteroatoms. The molecule has 6 nitrogen and oxygen atoms in total. The molecule has 3 aliphatic heterocycles. The maximum atomic E-state index is 12.5. The first-order valence-electron chi connectivity index (χ1n) is 8.95. The molecule has 1 atom stereocenters. The van der Waals surface area contributed by atoms with Gasteiger partial charge in [-0.2, -0.15) is 5.10 Å². The smallest absolute Gasteiger partial charge is 0.274 e. The summed E-state index contributed by atoms with van der Waals surface area (Å²) in [5.74, 6) is 0.651. The van der Waals surface area contributed by atoms with Crippen molar-refractivity contribution in [2.45, 2.75) is 49.7 Å². The summed E-state index contributed by atoms with van der Waals surface area (Å²) in [5.41, 5.74) is 1.60. The van der Waals surface area contributed by atoms with Crippen LogP contribution in [-0.4, -0.2) is 70.3 Å². The van der Waals surface area contributed by atoms with Gasteiger partial charge in [-0.05, 0) is 51.3 Å². The van der Waals surface area contributed by atoms with Gasteiger partial charge in [0.05, 0.1) is 19.7 Å². The van der Waals surface area contributed by atoms with Gasteiger partial charge in [0.25, 0.3) is 5.91 Å². The van der Waals surface area contributed by atoms with Crippen molar-refractivity contribution in [1.29, 1.82) is 0 Å². The van der Waals surface area contributed by atoms with Crippen molar-refractivity contribution in [3.8, 4) is 0 Å². The molecule has 0 aromatic carbocycles. The van der Waals surface area contributed by atoms with Crippen molar-refractivity contribution in [3.05, 3.63) is 17.5 Å². The number of hydrogen-bond acceptors (Lipinski definition) is 4. The van der Waals surface area contributed by atoms with Crippen molar-refractivity contribution >= 4 is 5.91 Å². The van der Waals surface area contributed by atoms with Gasteiger partial charge in [0.2, 0.25) is 0 Å². The lowest BCUT2D eigenvalue weighted by Gasteiger charge is -2.47. The number of H-pyrrole nitrogens is 1. The number of rotatable bonds is 3. The van der Waals surface area contributed by atoms with Crippen LogP contribution in [0.15, 0.2) is 6.07 Å². The number of hydrogen-bond donors (Lipinski definition) is 1. The van der Waals surface area contributed by atoms with Gasteiger partial charge in [-0.1, -0.05) is 0 Å². The number of nitrogens with zero attached hydrogens (tertiary/aromatic N) is 3. The molecule has 1 amide bonds. The number of aromatic amines is 1. The lowest BCUT2D eigenvalue weighted by Crippen LogP contribution is -2.63. The molecule has 5 rings (SSSR count). The van der Waals surface area contributed by atoms with Gasteiger partial charge in [-0.25, -0.2) is 0 Å². The Morgan fingerprint density at radius 2 is 2.09 bits per heavy atom. The molecule has 4 fully saturated rings. The molecule has 1 spiro atoms. The summed E-state index contributed by atoms with van der Waals surface area (Å²) in [6, 6.07) is 2.50. The van der Waals surface area contributed by atoms with Crippen LogP contribution in [0.4, 0.5) is 0 Å². The first kappa shape index (κ1) is 14.0. The Morgan fingerprint density at radius 3 is 2.83 bits per heavy atom. The molecule has 1 aromatic heterocycles. The van der Waals surface area contributed by atoms with E-state index in [9.17, 15) is 4.79 Å². The van der Waals surface area contributed by atoms with Crippen LogP contribution in [0.3, 0.4) is 0 Å². The van der Waals surface area contributed by atoms with Crippen LogP contribution >= 0.6 is 0 Å². The number of aromatic nitrogens is 2. The lowest BCUT2D eigenvalue weighted by molar-refractivity contribution is -0.0952. The summed E-state index contributed by atoms with van der Waals surface area (Å²) in [6.45, 7) is 4.70. The number of ether oxygens (including phenoxy) is 1. The molecular weight excluding hydrogens is 292 g/mol. The van der Waals surface area contributed by atoms with E-state index in [0.717, 1.165) is 31.8 Å². The van der Waals surface area contributed by atoms with Gasteiger partial charge in [0.1, 0.15) is 11.3 Å². The van der Waals surface area contributed by atoms with E-state index in [4.69, 9.17) is 4.74 Å². The van der Waals surface area contributed by atoms with Crippen LogP contribution in [0, 0.1) is 0 Å². The van der Waals surface area contributed by atoms with Crippen molar-refractivity contribution in [3.63, 3.8) is 0 Å². The van der Waals surface area contributed by atoms with E-state index in [0.29, 0.717) is 17.7 Å². The standard InChI is InChI=1S/C17H24N4O2/c22-16(15-7-14(18-19-15)12-3-4-12)21-10-17(11-21)8-13(9-23-17)20-5-1-2-6-20/h7,12-13H,1-6,8-11H2,(H,18,19). The maximum absolute atomic E-state index is 12.5. The van der Waals surface area contributed by atoms with E-state index in [2.05, 4.69) is 15.1 Å². The van der Waals surface area contributed by atoms with Crippen LogP contribution in [0.2, 0.25) is 0 Å². The Kier molecular flexibility index (Phi) is 3.07. The second kappa shape index (κ2) is 5.05. The quantitative estimate of drug-likeness (QED) is 0.915. The summed E-state index contributed by atoms with van der Waals surface area (Å²) in [4.78, 5) is 17.0. The highest BCUT2D eigenvalue weighted by Crippen LogP contribution is 2.40. The van der Waals surface area contributed by atoms with Crippen LogP contribution in [0.5, 0.6) is 0 Å². The fraction of sp³-hybridized carbons (Fsp3) is 0.765. The minimum Gasteiger partial charge on any atom is -0.370 e. The SMILES string of the molecule is O=C(c1cc(C2CC2)[nH]n1)N1CC2(CC(N3CCCC3)CO2)C1. The zero-order valence-corrected chi connectivity index (χ0v) is 13.5. The van der Waals surface area contributed by atoms with E-state index in [-0.39, 0.29) is 11.5 Å². The van der Waals surface area contributed by atoms with Crippen molar-refractivity contribution in [2.24, 2.45) is 0 Å². The van der Waals surface area contributed by atoms with Crippen molar-refractivity contribution in [1.82, 2.24) is 20.0 Å². The van der Waals surface area contributed by atoms with Gasteiger partial charge >= 0.3 is 0 Å². The minimum atomic E-state index is -0.0848. The monoisotopic (exact) mass is 316 g/mol. The highest BCUT2D eigenvalue weighted by atomic mass is 16.5. The molecular formula is C17H24N4O2. The topological polar surface area (TPSA) is 61.5 Å². The Labute approximate surface area is 136 Å². The van der Waals surface area contributed by atoms with Gasteiger partial charge < -0.3 is 9.64 Å². The lowest BCUT2D eigenvalue weighted by atomic mass is 9.88. The average Bonchev–Trinajstić information content (AvgIpc) is 3.02. The molecule has 3 saturated heterocycles. The second-order valence-electron chi connectivity index (χ2n) is 7.74. The summed E-state index contributed by atoms with van der Waals surface area (Å²) in [6.07, 6.45) is 6.14. The van der Waals surface area contributed by atoms with Gasteiger partial charge in [0, 0.05) is 17.7 Å². The molecule has 0 bridgehead atoms. The fourth-order valence-corrected chi connectivity index (χ4v) is 4.39. The molecule has 1 aromatic rings. The molecule has 4 aliphatic rings. The second-order valence-corrected chi connectivity index (χ2v) is 7.74. The third kappa shape index (κ3) is 2.39. The van der Waals surface area contributed by atoms with Gasteiger partial charge in [0.15, 0.2) is 0 Å². The first-order chi connectivity index (χ1) is 11.2. The third-order valence-corrected chi connectivity index (χ3v) is 5.93. The third-order valence-electron chi connectivity index (χ3n) is 5.93. The number of likely N-dealkylation sites (tertiary alicyclic amines) is 2. The Balaban J connectivity index is 1.19. The number of carbonyl (C=O) groups excluding carboxylic acids is 1. The van der Waals surface area contributed by atoms with Crippen molar-refractivity contribution in [2.75, 3.05) is 32.8 Å². The average molecular weight is 316 g/mol. The summed E-state index contributed by atoms with van der Waals surface area (Å²) in [7, 11) is 0. The Bertz CT molecular complexity index is 612. The number of nitrogens with one attached hydrogen (secondary N) is 1. The van der Waals surface area contributed by atoms with Gasteiger partial charge in [-0.15, -0.1) is 0 Å². The molecule has 1 N–H and O–H groups in total. The minimum absolute atomic E-state index is 0.0481. The zero-order valence-electron chi connectivity index (χ0n) is 13.5. The molecule has 1 unspecified atom stereocenters.